The zero-order valence-corrected chi connectivity index (χ0v) is 9.81. The highest BCUT2D eigenvalue weighted by atomic mass is 35.5. The average molecular weight is 234 g/mol. The molecule has 1 aromatic rings. The van der Waals surface area contributed by atoms with E-state index in [1.807, 2.05) is 6.92 Å². The largest absolute Gasteiger partial charge is 0.380 e. The summed E-state index contributed by atoms with van der Waals surface area (Å²) >= 11 is 0. The van der Waals surface area contributed by atoms with Gasteiger partial charge in [-0.3, -0.25) is 0 Å². The highest BCUT2D eigenvalue weighted by molar-refractivity contribution is 5.85. The van der Waals surface area contributed by atoms with Gasteiger partial charge in [0.1, 0.15) is 5.82 Å². The standard InChI is InChI=1S/C11H16FNO.ClH/c1-9(14-2)7-13-8-10-3-5-11(12)6-4-10;/h3-6,9,13H,7-8H2,1-2H3;1H. The second-order valence-corrected chi connectivity index (χ2v) is 3.30. The summed E-state index contributed by atoms with van der Waals surface area (Å²) in [7, 11) is 1.68. The summed E-state index contributed by atoms with van der Waals surface area (Å²) in [5.41, 5.74) is 1.08. The number of benzene rings is 1. The van der Waals surface area contributed by atoms with E-state index in [9.17, 15) is 4.39 Å². The second-order valence-electron chi connectivity index (χ2n) is 3.30. The lowest BCUT2D eigenvalue weighted by Crippen LogP contribution is -2.25. The van der Waals surface area contributed by atoms with E-state index < -0.39 is 0 Å². The van der Waals surface area contributed by atoms with Crippen LogP contribution in [0.3, 0.4) is 0 Å². The molecule has 0 aliphatic heterocycles. The number of halogens is 2. The lowest BCUT2D eigenvalue weighted by Gasteiger charge is -2.10. The van der Waals surface area contributed by atoms with Crippen molar-refractivity contribution in [2.24, 2.45) is 0 Å². The predicted octanol–water partition coefficient (Wildman–Crippen LogP) is 2.37. The molecule has 4 heteroatoms. The molecule has 0 saturated heterocycles. The van der Waals surface area contributed by atoms with Crippen molar-refractivity contribution in [1.29, 1.82) is 0 Å². The molecular formula is C11H17ClFNO. The van der Waals surface area contributed by atoms with Gasteiger partial charge in [-0.05, 0) is 24.6 Å². The summed E-state index contributed by atoms with van der Waals surface area (Å²) in [5.74, 6) is -0.195. The molecule has 0 heterocycles. The first-order chi connectivity index (χ1) is 6.72. The molecule has 0 aromatic heterocycles. The van der Waals surface area contributed by atoms with Gasteiger partial charge in [0.25, 0.3) is 0 Å². The molecular weight excluding hydrogens is 217 g/mol. The SMILES string of the molecule is COC(C)CNCc1ccc(F)cc1.Cl. The molecule has 1 atom stereocenters. The van der Waals surface area contributed by atoms with Gasteiger partial charge in [-0.25, -0.2) is 4.39 Å². The van der Waals surface area contributed by atoms with Crippen LogP contribution in [0, 0.1) is 5.82 Å². The smallest absolute Gasteiger partial charge is 0.123 e. The molecule has 0 amide bonds. The van der Waals surface area contributed by atoms with Crippen LogP contribution in [0.1, 0.15) is 12.5 Å². The number of rotatable bonds is 5. The van der Waals surface area contributed by atoms with E-state index in [-0.39, 0.29) is 24.3 Å². The highest BCUT2D eigenvalue weighted by Crippen LogP contribution is 2.01. The molecule has 1 aromatic carbocycles. The maximum Gasteiger partial charge on any atom is 0.123 e. The molecule has 0 aliphatic rings. The van der Waals surface area contributed by atoms with Crippen molar-refractivity contribution in [3.05, 3.63) is 35.6 Å². The Balaban J connectivity index is 0.00000196. The Morgan fingerprint density at radius 2 is 1.93 bits per heavy atom. The first kappa shape index (κ1) is 14.4. The van der Waals surface area contributed by atoms with Crippen molar-refractivity contribution in [2.45, 2.75) is 19.6 Å². The Hall–Kier alpha value is -0.640. The molecule has 1 N–H and O–H groups in total. The zero-order chi connectivity index (χ0) is 10.4. The summed E-state index contributed by atoms with van der Waals surface area (Å²) in [6, 6.07) is 6.49. The van der Waals surface area contributed by atoms with Gasteiger partial charge in [-0.1, -0.05) is 12.1 Å². The van der Waals surface area contributed by atoms with Crippen molar-refractivity contribution < 1.29 is 9.13 Å². The van der Waals surface area contributed by atoms with Crippen LogP contribution >= 0.6 is 12.4 Å². The van der Waals surface area contributed by atoms with Crippen molar-refractivity contribution in [1.82, 2.24) is 5.32 Å². The highest BCUT2D eigenvalue weighted by Gasteiger charge is 1.98. The molecule has 0 bridgehead atoms. The number of hydrogen-bond donors (Lipinski definition) is 1. The van der Waals surface area contributed by atoms with Crippen molar-refractivity contribution in [2.75, 3.05) is 13.7 Å². The van der Waals surface area contributed by atoms with Crippen molar-refractivity contribution in [3.8, 4) is 0 Å². The summed E-state index contributed by atoms with van der Waals surface area (Å²) in [5, 5.41) is 3.22. The third-order valence-electron chi connectivity index (χ3n) is 2.08. The molecule has 2 nitrogen and oxygen atoms in total. The summed E-state index contributed by atoms with van der Waals surface area (Å²) in [6.07, 6.45) is 0.204. The van der Waals surface area contributed by atoms with Crippen LogP contribution < -0.4 is 5.32 Å². The van der Waals surface area contributed by atoms with Gasteiger partial charge < -0.3 is 10.1 Å². The third kappa shape index (κ3) is 5.72. The lowest BCUT2D eigenvalue weighted by molar-refractivity contribution is 0.117. The minimum Gasteiger partial charge on any atom is -0.380 e. The molecule has 86 valence electrons. The third-order valence-corrected chi connectivity index (χ3v) is 2.08. The van der Waals surface area contributed by atoms with E-state index in [0.29, 0.717) is 0 Å². The monoisotopic (exact) mass is 233 g/mol. The Labute approximate surface area is 96.2 Å². The minimum atomic E-state index is -0.195. The first-order valence-electron chi connectivity index (χ1n) is 4.70. The summed E-state index contributed by atoms with van der Waals surface area (Å²) in [6.45, 7) is 3.54. The molecule has 15 heavy (non-hydrogen) atoms. The van der Waals surface area contributed by atoms with Crippen LogP contribution in [0.2, 0.25) is 0 Å². The maximum absolute atomic E-state index is 12.6. The summed E-state index contributed by atoms with van der Waals surface area (Å²) in [4.78, 5) is 0. The van der Waals surface area contributed by atoms with Gasteiger partial charge in [0.2, 0.25) is 0 Å². The lowest BCUT2D eigenvalue weighted by atomic mass is 10.2. The molecule has 0 saturated carbocycles. The second kappa shape index (κ2) is 7.63. The van der Waals surface area contributed by atoms with E-state index in [4.69, 9.17) is 4.74 Å². The van der Waals surface area contributed by atoms with Gasteiger partial charge in [-0.2, -0.15) is 0 Å². The first-order valence-corrected chi connectivity index (χ1v) is 4.70. The van der Waals surface area contributed by atoms with Gasteiger partial charge in [0, 0.05) is 20.2 Å². The number of nitrogens with one attached hydrogen (secondary N) is 1. The number of methoxy groups -OCH3 is 1. The van der Waals surface area contributed by atoms with Gasteiger partial charge in [-0.15, -0.1) is 12.4 Å². The van der Waals surface area contributed by atoms with Crippen LogP contribution in [0.15, 0.2) is 24.3 Å². The van der Waals surface area contributed by atoms with E-state index in [0.717, 1.165) is 18.7 Å². The fourth-order valence-electron chi connectivity index (χ4n) is 1.11. The molecule has 0 radical (unpaired) electrons. The Bertz CT molecular complexity index is 266. The van der Waals surface area contributed by atoms with Crippen LogP contribution in [0.4, 0.5) is 4.39 Å². The quantitative estimate of drug-likeness (QED) is 0.843. The van der Waals surface area contributed by atoms with Crippen LogP contribution in [0.5, 0.6) is 0 Å². The van der Waals surface area contributed by atoms with Gasteiger partial charge in [0.15, 0.2) is 0 Å². The molecule has 0 aliphatic carbocycles. The number of ether oxygens (including phenoxy) is 1. The summed E-state index contributed by atoms with van der Waals surface area (Å²) < 4.78 is 17.6. The van der Waals surface area contributed by atoms with Gasteiger partial charge in [0.05, 0.1) is 6.10 Å². The normalized spacial score (nSPS) is 11.9. The van der Waals surface area contributed by atoms with E-state index in [1.165, 1.54) is 12.1 Å². The number of hydrogen-bond acceptors (Lipinski definition) is 2. The molecule has 1 rings (SSSR count). The van der Waals surface area contributed by atoms with E-state index in [2.05, 4.69) is 5.32 Å². The maximum atomic E-state index is 12.6. The Morgan fingerprint density at radius 1 is 1.33 bits per heavy atom. The molecule has 0 fully saturated rings. The van der Waals surface area contributed by atoms with Crippen molar-refractivity contribution >= 4 is 12.4 Å². The Morgan fingerprint density at radius 3 is 2.47 bits per heavy atom. The fourth-order valence-corrected chi connectivity index (χ4v) is 1.11. The predicted molar refractivity (Wildman–Crippen MR) is 61.8 cm³/mol. The zero-order valence-electron chi connectivity index (χ0n) is 9.00. The topological polar surface area (TPSA) is 21.3 Å². The molecule has 1 unspecified atom stereocenters. The van der Waals surface area contributed by atoms with Crippen LogP contribution in [-0.2, 0) is 11.3 Å². The average Bonchev–Trinajstić information content (AvgIpc) is 2.21. The molecule has 0 spiro atoms. The Kier molecular flexibility index (Phi) is 7.30. The van der Waals surface area contributed by atoms with Crippen molar-refractivity contribution in [3.63, 3.8) is 0 Å². The van der Waals surface area contributed by atoms with Gasteiger partial charge >= 0.3 is 0 Å². The minimum absolute atomic E-state index is 0. The van der Waals surface area contributed by atoms with E-state index in [1.54, 1.807) is 19.2 Å². The van der Waals surface area contributed by atoms with E-state index >= 15 is 0 Å². The van der Waals surface area contributed by atoms with Crippen LogP contribution in [-0.4, -0.2) is 19.8 Å². The van der Waals surface area contributed by atoms with Crippen LogP contribution in [0.25, 0.3) is 0 Å². The fraction of sp³-hybridized carbons (Fsp3) is 0.455.